The van der Waals surface area contributed by atoms with Gasteiger partial charge < -0.3 is 29.8 Å². The summed E-state index contributed by atoms with van der Waals surface area (Å²) >= 11 is 12.6. The highest BCUT2D eigenvalue weighted by molar-refractivity contribution is 7.70. The third-order valence-corrected chi connectivity index (χ3v) is 9.91. The highest BCUT2D eigenvalue weighted by Gasteiger charge is 2.44. The molecule has 2 heterocycles. The molecular formula is C21H20Cl2N4O7P2. The summed E-state index contributed by atoms with van der Waals surface area (Å²) in [6, 6.07) is 10.1. The molecule has 0 bridgehead atoms. The lowest BCUT2D eigenvalue weighted by atomic mass is 9.92. The first kappa shape index (κ1) is 26.7. The molecule has 4 rings (SSSR count). The maximum Gasteiger partial charge on any atom is 0.345 e. The van der Waals surface area contributed by atoms with Crippen molar-refractivity contribution < 1.29 is 33.5 Å². The molecule has 0 spiro atoms. The van der Waals surface area contributed by atoms with Crippen LogP contribution in [0.4, 0.5) is 5.69 Å². The fourth-order valence-corrected chi connectivity index (χ4v) is 7.28. The van der Waals surface area contributed by atoms with E-state index in [2.05, 4.69) is 15.3 Å². The van der Waals surface area contributed by atoms with Gasteiger partial charge in [-0.3, -0.25) is 13.9 Å². The number of benzene rings is 2. The van der Waals surface area contributed by atoms with Gasteiger partial charge in [0.1, 0.15) is 6.17 Å². The van der Waals surface area contributed by atoms with Gasteiger partial charge in [0.2, 0.25) is 5.96 Å². The fraction of sp³-hybridized carbons (Fsp3) is 0.190. The Labute approximate surface area is 215 Å². The van der Waals surface area contributed by atoms with Crippen LogP contribution in [-0.2, 0) is 13.9 Å². The van der Waals surface area contributed by atoms with Crippen LogP contribution in [0, 0.1) is 5.92 Å². The topological polar surface area (TPSA) is 172 Å². The minimum absolute atomic E-state index is 0.165. The number of guanidine groups is 1. The number of aliphatic imine (C=N–C) groups is 2. The Hall–Kier alpha value is -2.33. The molecule has 190 valence electrons. The van der Waals surface area contributed by atoms with Crippen LogP contribution in [0.25, 0.3) is 5.57 Å². The van der Waals surface area contributed by atoms with Crippen LogP contribution in [0.5, 0.6) is 0 Å². The molecule has 2 aromatic carbocycles. The van der Waals surface area contributed by atoms with Gasteiger partial charge in [0.25, 0.3) is 5.91 Å². The first-order chi connectivity index (χ1) is 16.8. The Morgan fingerprint density at radius 3 is 2.14 bits per heavy atom. The van der Waals surface area contributed by atoms with Crippen molar-refractivity contribution in [3.63, 3.8) is 0 Å². The molecule has 2 aliphatic heterocycles. The Balaban J connectivity index is 1.57. The first-order valence-corrected chi connectivity index (χ1v) is 14.4. The highest BCUT2D eigenvalue weighted by atomic mass is 35.5. The molecule has 15 heteroatoms. The minimum atomic E-state index is -5.12. The Morgan fingerprint density at radius 1 is 1.00 bits per heavy atom. The lowest BCUT2D eigenvalue weighted by Crippen LogP contribution is -2.47. The molecule has 11 nitrogen and oxygen atoms in total. The molecule has 1 amide bonds. The first-order valence-electron chi connectivity index (χ1n) is 10.3. The van der Waals surface area contributed by atoms with Gasteiger partial charge >= 0.3 is 15.2 Å². The number of fused-ring (bicyclic) bond motifs is 1. The van der Waals surface area contributed by atoms with Gasteiger partial charge in [-0.2, -0.15) is 0 Å². The molecule has 5 N–H and O–H groups in total. The maximum absolute atomic E-state index is 13.1. The monoisotopic (exact) mass is 572 g/mol. The fourth-order valence-electron chi connectivity index (χ4n) is 3.99. The van der Waals surface area contributed by atoms with Gasteiger partial charge in [-0.25, -0.2) is 9.98 Å². The summed E-state index contributed by atoms with van der Waals surface area (Å²) in [5.41, 5.74) is 0.950. The standard InChI is InChI=1S/C21H20Cl2N4O7P2/c1-27-18-12(9-14(19(27)28)17-15(22)3-2-4-16(17)23)10-24-21(26-18)25-13-7-5-11(6-8-13)20(35(29,30)31)36(32,33)34/h2-10,12,18,20H,1H3,(H,25,26)(H2,29,30,31)(H2,32,33,34). The molecule has 0 aromatic heterocycles. The molecule has 2 unspecified atom stereocenters. The number of halogens is 2. The van der Waals surface area contributed by atoms with Crippen molar-refractivity contribution in [3.05, 3.63) is 69.7 Å². The summed E-state index contributed by atoms with van der Waals surface area (Å²) in [6.45, 7) is 0. The zero-order valence-corrected chi connectivity index (χ0v) is 21.7. The van der Waals surface area contributed by atoms with Crippen molar-refractivity contribution >= 4 is 67.7 Å². The van der Waals surface area contributed by atoms with E-state index in [1.54, 1.807) is 37.5 Å². The summed E-state index contributed by atoms with van der Waals surface area (Å²) in [4.78, 5) is 60.9. The zero-order valence-electron chi connectivity index (χ0n) is 18.4. The molecule has 0 fully saturated rings. The van der Waals surface area contributed by atoms with Crippen LogP contribution in [0.2, 0.25) is 10.0 Å². The van der Waals surface area contributed by atoms with Crippen molar-refractivity contribution in [3.8, 4) is 0 Å². The van der Waals surface area contributed by atoms with Crippen molar-refractivity contribution in [2.24, 2.45) is 15.9 Å². The number of nitrogens with one attached hydrogen (secondary N) is 1. The van der Waals surface area contributed by atoms with E-state index in [1.807, 2.05) is 0 Å². The van der Waals surface area contributed by atoms with E-state index in [4.69, 9.17) is 23.2 Å². The molecule has 0 aliphatic carbocycles. The number of carbonyl (C=O) groups excluding carboxylic acids is 1. The smallest absolute Gasteiger partial charge is 0.324 e. The molecule has 0 saturated heterocycles. The van der Waals surface area contributed by atoms with Crippen molar-refractivity contribution in [2.75, 3.05) is 12.4 Å². The molecule has 2 aromatic rings. The largest absolute Gasteiger partial charge is 0.345 e. The minimum Gasteiger partial charge on any atom is -0.324 e. The second-order valence-electron chi connectivity index (χ2n) is 8.11. The molecule has 0 saturated carbocycles. The number of hydrogen-bond donors (Lipinski definition) is 5. The predicted molar refractivity (Wildman–Crippen MR) is 137 cm³/mol. The molecule has 2 aliphatic rings. The van der Waals surface area contributed by atoms with E-state index in [9.17, 15) is 33.5 Å². The average molecular weight is 573 g/mol. The summed E-state index contributed by atoms with van der Waals surface area (Å²) < 4.78 is 23.2. The van der Waals surface area contributed by atoms with Gasteiger partial charge in [-0.1, -0.05) is 47.5 Å². The van der Waals surface area contributed by atoms with E-state index in [-0.39, 0.29) is 23.3 Å². The Kier molecular flexibility index (Phi) is 7.31. The average Bonchev–Trinajstić information content (AvgIpc) is 2.77. The second-order valence-corrected chi connectivity index (χ2v) is 12.7. The lowest BCUT2D eigenvalue weighted by Gasteiger charge is -2.36. The highest BCUT2D eigenvalue weighted by Crippen LogP contribution is 2.69. The molecule has 2 atom stereocenters. The quantitative estimate of drug-likeness (QED) is 0.337. The van der Waals surface area contributed by atoms with E-state index in [0.717, 1.165) is 0 Å². The number of nitrogens with zero attached hydrogens (tertiary/aromatic N) is 3. The van der Waals surface area contributed by atoms with Crippen molar-refractivity contribution in [2.45, 2.75) is 11.6 Å². The lowest BCUT2D eigenvalue weighted by molar-refractivity contribution is -0.126. The van der Waals surface area contributed by atoms with Gasteiger partial charge in [-0.05, 0) is 29.8 Å². The van der Waals surface area contributed by atoms with Crippen LogP contribution in [0.15, 0.2) is 58.5 Å². The van der Waals surface area contributed by atoms with Crippen molar-refractivity contribution in [1.82, 2.24) is 4.90 Å². The normalized spacial score (nSPS) is 20.2. The summed E-state index contributed by atoms with van der Waals surface area (Å²) in [6.07, 6.45) is 2.72. The van der Waals surface area contributed by atoms with Crippen LogP contribution < -0.4 is 5.32 Å². The van der Waals surface area contributed by atoms with Gasteiger partial charge in [0.15, 0.2) is 5.40 Å². The summed E-state index contributed by atoms with van der Waals surface area (Å²) in [7, 11) is -8.65. The number of rotatable bonds is 5. The predicted octanol–water partition coefficient (Wildman–Crippen LogP) is 3.70. The van der Waals surface area contributed by atoms with Crippen LogP contribution in [0.1, 0.15) is 16.5 Å². The van der Waals surface area contributed by atoms with E-state index < -0.39 is 26.8 Å². The summed E-state index contributed by atoms with van der Waals surface area (Å²) in [5, 5.41) is 1.34. The second kappa shape index (κ2) is 9.85. The number of hydrogen-bond acceptors (Lipinski definition) is 6. The van der Waals surface area contributed by atoms with E-state index in [1.165, 1.54) is 29.2 Å². The third-order valence-electron chi connectivity index (χ3n) is 5.61. The third kappa shape index (κ3) is 5.34. The number of anilines is 1. The van der Waals surface area contributed by atoms with Crippen LogP contribution in [0.3, 0.4) is 0 Å². The molecular weight excluding hydrogens is 553 g/mol. The number of amides is 1. The van der Waals surface area contributed by atoms with Gasteiger partial charge in [0.05, 0.1) is 16.0 Å². The van der Waals surface area contributed by atoms with Crippen LogP contribution >= 0.6 is 38.4 Å². The van der Waals surface area contributed by atoms with Gasteiger partial charge in [0, 0.05) is 30.1 Å². The van der Waals surface area contributed by atoms with Crippen molar-refractivity contribution in [1.29, 1.82) is 0 Å². The SMILES string of the molecule is CN1C(=O)C(c2c(Cl)cccc2Cl)=CC2C=NC(Nc3ccc(C(P(=O)(O)O)P(=O)(O)O)cc3)=NC21. The number of likely N-dealkylation sites (N-methyl/N-ethyl adjacent to an activating group) is 1. The summed E-state index contributed by atoms with van der Waals surface area (Å²) in [5.74, 6) is -0.511. The van der Waals surface area contributed by atoms with Crippen LogP contribution in [-0.4, -0.2) is 55.8 Å². The Bertz CT molecular complexity index is 1360. The Morgan fingerprint density at radius 2 is 1.58 bits per heavy atom. The number of carbonyl (C=O) groups is 1. The molecule has 36 heavy (non-hydrogen) atoms. The van der Waals surface area contributed by atoms with E-state index >= 15 is 0 Å². The molecule has 0 radical (unpaired) electrons. The van der Waals surface area contributed by atoms with Gasteiger partial charge in [-0.15, -0.1) is 0 Å². The van der Waals surface area contributed by atoms with E-state index in [0.29, 0.717) is 26.9 Å². The maximum atomic E-state index is 13.1. The zero-order chi connectivity index (χ0) is 26.4.